The van der Waals surface area contributed by atoms with Crippen LogP contribution in [0.5, 0.6) is 0 Å². The molecule has 0 saturated carbocycles. The molecule has 106 heavy (non-hydrogen) atoms. The molecular weight excluding hydrogens is 1330 g/mol. The van der Waals surface area contributed by atoms with E-state index in [-0.39, 0.29) is 0 Å². The minimum Gasteiger partial charge on any atom is -0.309 e. The molecule has 0 spiro atoms. The van der Waals surface area contributed by atoms with E-state index in [1.807, 2.05) is 24.3 Å². The van der Waals surface area contributed by atoms with E-state index in [9.17, 15) is 0 Å². The van der Waals surface area contributed by atoms with Gasteiger partial charge in [0, 0.05) is 107 Å². The van der Waals surface area contributed by atoms with Crippen LogP contribution in [0.25, 0.3) is 197 Å². The summed E-state index contributed by atoms with van der Waals surface area (Å²) in [6.45, 7) is 0. The van der Waals surface area contributed by atoms with Gasteiger partial charge in [0.1, 0.15) is 0 Å². The molecular formula is C96H60N8S2. The molecule has 0 aliphatic carbocycles. The molecule has 0 N–H and O–H groups in total. The van der Waals surface area contributed by atoms with Gasteiger partial charge in [0.15, 0.2) is 34.9 Å². The molecule has 0 saturated heterocycles. The zero-order valence-electron chi connectivity index (χ0n) is 57.0. The Morgan fingerprint density at radius 3 is 0.915 bits per heavy atom. The van der Waals surface area contributed by atoms with E-state index in [4.69, 9.17) is 29.9 Å². The molecule has 6 aromatic heterocycles. The van der Waals surface area contributed by atoms with E-state index in [2.05, 4.69) is 349 Å². The van der Waals surface area contributed by atoms with E-state index < -0.39 is 0 Å². The van der Waals surface area contributed by atoms with E-state index in [0.717, 1.165) is 77.9 Å². The lowest BCUT2D eigenvalue weighted by Crippen LogP contribution is -2.01. The Bertz CT molecular complexity index is 6910. The zero-order chi connectivity index (χ0) is 70.0. The van der Waals surface area contributed by atoms with Gasteiger partial charge >= 0.3 is 0 Å². The summed E-state index contributed by atoms with van der Waals surface area (Å²) in [5.41, 5.74) is 19.4. The third kappa shape index (κ3) is 11.3. The average Bonchev–Trinajstić information content (AvgIpc) is 1.55. The van der Waals surface area contributed by atoms with E-state index in [0.29, 0.717) is 34.9 Å². The average molecular weight is 1390 g/mol. The van der Waals surface area contributed by atoms with Gasteiger partial charge in [-0.15, -0.1) is 22.7 Å². The maximum Gasteiger partial charge on any atom is 0.164 e. The number of fused-ring (bicyclic) bond motifs is 12. The lowest BCUT2D eigenvalue weighted by Gasteiger charge is -2.12. The summed E-state index contributed by atoms with van der Waals surface area (Å²) in [5, 5.41) is 9.93. The van der Waals surface area contributed by atoms with Crippen LogP contribution in [0.3, 0.4) is 0 Å². The van der Waals surface area contributed by atoms with Crippen molar-refractivity contribution in [2.45, 2.75) is 0 Å². The van der Waals surface area contributed by atoms with Gasteiger partial charge in [-0.2, -0.15) is 0 Å². The summed E-state index contributed by atoms with van der Waals surface area (Å²) in [5.74, 6) is 3.85. The molecule has 6 heterocycles. The number of rotatable bonds is 11. The molecule has 0 unspecified atom stereocenters. The molecule has 0 bridgehead atoms. The highest BCUT2D eigenvalue weighted by Gasteiger charge is 2.21. The summed E-state index contributed by atoms with van der Waals surface area (Å²) in [6, 6.07) is 128. The second-order valence-corrected chi connectivity index (χ2v) is 28.7. The van der Waals surface area contributed by atoms with Crippen LogP contribution < -0.4 is 0 Å². The van der Waals surface area contributed by atoms with Crippen molar-refractivity contribution in [1.82, 2.24) is 39.0 Å². The van der Waals surface area contributed by atoms with Gasteiger partial charge in [-0.1, -0.05) is 279 Å². The van der Waals surface area contributed by atoms with E-state index in [1.165, 1.54) is 84.1 Å². The molecule has 10 heteroatoms. The number of para-hydroxylation sites is 3. The van der Waals surface area contributed by atoms with Crippen molar-refractivity contribution < 1.29 is 0 Å². The highest BCUT2D eigenvalue weighted by Crippen LogP contribution is 2.42. The van der Waals surface area contributed by atoms with Crippen LogP contribution in [-0.4, -0.2) is 39.0 Å². The fourth-order valence-corrected chi connectivity index (χ4v) is 17.3. The van der Waals surface area contributed by atoms with E-state index in [1.54, 1.807) is 22.7 Å². The maximum absolute atomic E-state index is 5.20. The first-order valence-corrected chi connectivity index (χ1v) is 37.1. The Labute approximate surface area is 618 Å². The van der Waals surface area contributed by atoms with Gasteiger partial charge in [0.05, 0.1) is 22.1 Å². The highest BCUT2D eigenvalue weighted by molar-refractivity contribution is 7.26. The molecule has 15 aromatic carbocycles. The smallest absolute Gasteiger partial charge is 0.164 e. The quantitative estimate of drug-likeness (QED) is 0.128. The van der Waals surface area contributed by atoms with Crippen molar-refractivity contribution in [3.05, 3.63) is 364 Å². The van der Waals surface area contributed by atoms with Gasteiger partial charge in [0.2, 0.25) is 0 Å². The van der Waals surface area contributed by atoms with Crippen molar-refractivity contribution >= 4 is 107 Å². The fraction of sp³-hybridized carbons (Fsp3) is 0. The molecule has 21 rings (SSSR count). The predicted molar refractivity (Wildman–Crippen MR) is 443 cm³/mol. The van der Waals surface area contributed by atoms with Crippen LogP contribution in [0.15, 0.2) is 364 Å². The van der Waals surface area contributed by atoms with Crippen LogP contribution in [0.4, 0.5) is 0 Å². The van der Waals surface area contributed by atoms with Crippen molar-refractivity contribution in [3.63, 3.8) is 0 Å². The van der Waals surface area contributed by atoms with Gasteiger partial charge < -0.3 is 9.13 Å². The van der Waals surface area contributed by atoms with Crippen LogP contribution in [-0.2, 0) is 0 Å². The summed E-state index contributed by atoms with van der Waals surface area (Å²) in [7, 11) is 0. The number of nitrogens with zero attached hydrogens (tertiary/aromatic N) is 8. The van der Waals surface area contributed by atoms with Gasteiger partial charge in [-0.25, -0.2) is 29.9 Å². The normalized spacial score (nSPS) is 11.6. The number of aromatic nitrogens is 8. The first-order chi connectivity index (χ1) is 52.5. The number of hydrogen-bond donors (Lipinski definition) is 0. The predicted octanol–water partition coefficient (Wildman–Crippen LogP) is 25.7. The largest absolute Gasteiger partial charge is 0.309 e. The molecule has 0 atom stereocenters. The van der Waals surface area contributed by atoms with Gasteiger partial charge in [-0.3, -0.25) is 0 Å². The molecule has 0 aliphatic rings. The lowest BCUT2D eigenvalue weighted by molar-refractivity contribution is 1.07. The Hall–Kier alpha value is -13.6. The third-order valence-corrected chi connectivity index (χ3v) is 22.4. The second kappa shape index (κ2) is 26.3. The Balaban J connectivity index is 0.000000141. The second-order valence-electron chi connectivity index (χ2n) is 26.5. The first-order valence-electron chi connectivity index (χ1n) is 35.5. The first kappa shape index (κ1) is 62.2. The van der Waals surface area contributed by atoms with Gasteiger partial charge in [0.25, 0.3) is 0 Å². The molecule has 8 nitrogen and oxygen atoms in total. The van der Waals surface area contributed by atoms with Crippen LogP contribution >= 0.6 is 22.7 Å². The SMILES string of the molecule is c1ccc(-c2ccc(-c3cccc(-c4nc(-c5cccc(-n6c7ccccc7c7ccccc76)c5)nc(-c5ccc6c(c5)sc5ccccc56)n4)c3)cc2)cc1.c1ccc(-c2ccc3c(c2)c2ccccc2n3-c2cccc(-c3nc(-c4ccccc4)nc(-c4ccc5c(c4)sc4ccccc45)n3)c2)cc1. The summed E-state index contributed by atoms with van der Waals surface area (Å²) >= 11 is 3.60. The monoisotopic (exact) mass is 1390 g/mol. The summed E-state index contributed by atoms with van der Waals surface area (Å²) in [6.07, 6.45) is 0. The molecule has 496 valence electrons. The third-order valence-electron chi connectivity index (χ3n) is 20.1. The van der Waals surface area contributed by atoms with Crippen LogP contribution in [0, 0.1) is 0 Å². The van der Waals surface area contributed by atoms with Crippen molar-refractivity contribution in [3.8, 4) is 113 Å². The number of thiophene rings is 2. The standard InChI is InChI=1S/C51H32N4S.C45H28N4S/c1-2-12-33(13-3-1)34-24-26-35(27-25-34)36-14-10-15-37(30-36)49-52-50(54-51(53-49)39-28-29-44-43-20-6-9-23-47(43)56-48(44)32-39)38-16-11-17-40(31-38)55-45-21-7-4-18-41(45)42-19-5-8-22-46(42)55;1-3-12-29(13-4-1)31-23-25-40-38(27-31)35-18-7-9-20-39(35)49(40)34-17-11-16-32(26-34)44-46-43(30-14-5-2-6-15-30)47-45(48-44)33-22-24-37-36-19-8-10-21-41(36)50-42(37)28-33/h1-32H;1-28H. The Kier molecular flexibility index (Phi) is 15.4. The molecule has 0 aliphatic heterocycles. The molecule has 0 fully saturated rings. The Morgan fingerprint density at radius 1 is 0.160 bits per heavy atom. The van der Waals surface area contributed by atoms with Crippen molar-refractivity contribution in [2.75, 3.05) is 0 Å². The zero-order valence-corrected chi connectivity index (χ0v) is 58.7. The number of benzene rings is 15. The van der Waals surface area contributed by atoms with Crippen LogP contribution in [0.1, 0.15) is 0 Å². The fourth-order valence-electron chi connectivity index (χ4n) is 15.0. The van der Waals surface area contributed by atoms with Crippen molar-refractivity contribution in [2.24, 2.45) is 0 Å². The van der Waals surface area contributed by atoms with E-state index >= 15 is 0 Å². The molecule has 0 radical (unpaired) electrons. The minimum atomic E-state index is 0.627. The van der Waals surface area contributed by atoms with Gasteiger partial charge in [-0.05, 0) is 118 Å². The molecule has 0 amide bonds. The molecule has 21 aromatic rings. The van der Waals surface area contributed by atoms with Crippen LogP contribution in [0.2, 0.25) is 0 Å². The highest BCUT2D eigenvalue weighted by atomic mass is 32.1. The summed E-state index contributed by atoms with van der Waals surface area (Å²) in [4.78, 5) is 30.8. The van der Waals surface area contributed by atoms with Crippen molar-refractivity contribution in [1.29, 1.82) is 0 Å². The number of hydrogen-bond acceptors (Lipinski definition) is 8. The minimum absolute atomic E-state index is 0.627. The summed E-state index contributed by atoms with van der Waals surface area (Å²) < 4.78 is 9.65. The lowest BCUT2D eigenvalue weighted by atomic mass is 9.99. The topological polar surface area (TPSA) is 87.2 Å². The Morgan fingerprint density at radius 2 is 0.443 bits per heavy atom. The maximum atomic E-state index is 5.20.